The number of anilines is 2. The summed E-state index contributed by atoms with van der Waals surface area (Å²) in [6.45, 7) is 3.25. The van der Waals surface area contributed by atoms with Crippen LogP contribution in [0.3, 0.4) is 0 Å². The number of carboxylic acid groups (broad SMARTS) is 1. The van der Waals surface area contributed by atoms with Crippen LogP contribution in [0, 0.1) is 13.8 Å². The first kappa shape index (κ1) is 17.2. The van der Waals surface area contributed by atoms with E-state index in [1.807, 2.05) is 0 Å². The predicted molar refractivity (Wildman–Crippen MR) is 88.6 cm³/mol. The third kappa shape index (κ3) is 3.27. The summed E-state index contributed by atoms with van der Waals surface area (Å²) in [7, 11) is 0. The molecule has 1 aromatic carbocycles. The number of hydrogen-bond acceptors (Lipinski definition) is 5. The van der Waals surface area contributed by atoms with Gasteiger partial charge in [-0.25, -0.2) is 14.8 Å². The van der Waals surface area contributed by atoms with Crippen molar-refractivity contribution in [1.29, 1.82) is 0 Å². The number of aromatic nitrogens is 2. The fourth-order valence-electron chi connectivity index (χ4n) is 2.45. The summed E-state index contributed by atoms with van der Waals surface area (Å²) >= 11 is 1.01. The maximum Gasteiger partial charge on any atom is 0.416 e. The maximum absolute atomic E-state index is 12.9. The number of benzene rings is 1. The molecular weight excluding hydrogens is 355 g/mol. The van der Waals surface area contributed by atoms with Crippen molar-refractivity contribution in [3.05, 3.63) is 46.1 Å². The highest BCUT2D eigenvalue weighted by atomic mass is 32.1. The number of aromatic carboxylic acids is 1. The van der Waals surface area contributed by atoms with E-state index in [2.05, 4.69) is 15.3 Å². The molecule has 0 saturated carbocycles. The summed E-state index contributed by atoms with van der Waals surface area (Å²) in [6.07, 6.45) is -4.45. The molecule has 0 saturated heterocycles. The van der Waals surface area contributed by atoms with Crippen LogP contribution in [0.25, 0.3) is 10.2 Å². The zero-order valence-electron chi connectivity index (χ0n) is 13.1. The predicted octanol–water partition coefficient (Wildman–Crippen LogP) is 4.77. The number of nitrogens with one attached hydrogen (secondary N) is 1. The molecule has 0 spiro atoms. The van der Waals surface area contributed by atoms with Crippen molar-refractivity contribution < 1.29 is 23.1 Å². The lowest BCUT2D eigenvalue weighted by molar-refractivity contribution is -0.137. The first-order valence-corrected chi connectivity index (χ1v) is 7.94. The second kappa shape index (κ2) is 5.99. The summed E-state index contributed by atoms with van der Waals surface area (Å²) in [4.78, 5) is 20.4. The quantitative estimate of drug-likeness (QED) is 0.698. The van der Waals surface area contributed by atoms with Crippen molar-refractivity contribution in [2.24, 2.45) is 0 Å². The van der Waals surface area contributed by atoms with Crippen LogP contribution in [0.4, 0.5) is 24.7 Å². The highest BCUT2D eigenvalue weighted by molar-refractivity contribution is 7.20. The molecule has 0 radical (unpaired) electrons. The summed E-state index contributed by atoms with van der Waals surface area (Å²) in [6, 6.07) is 4.73. The van der Waals surface area contributed by atoms with Gasteiger partial charge in [-0.3, -0.25) is 0 Å². The summed E-state index contributed by atoms with van der Waals surface area (Å²) in [5.74, 6) is -0.411. The summed E-state index contributed by atoms with van der Waals surface area (Å²) in [5.41, 5.74) is -0.105. The first-order chi connectivity index (χ1) is 11.7. The Morgan fingerprint density at radius 3 is 2.60 bits per heavy atom. The van der Waals surface area contributed by atoms with Gasteiger partial charge in [0.25, 0.3) is 0 Å². The third-order valence-electron chi connectivity index (χ3n) is 3.55. The first-order valence-electron chi connectivity index (χ1n) is 7.12. The molecule has 130 valence electrons. The van der Waals surface area contributed by atoms with Crippen LogP contribution in [-0.4, -0.2) is 21.0 Å². The number of fused-ring (bicyclic) bond motifs is 1. The average molecular weight is 367 g/mol. The van der Waals surface area contributed by atoms with E-state index < -0.39 is 17.7 Å². The topological polar surface area (TPSA) is 75.1 Å². The highest BCUT2D eigenvalue weighted by Crippen LogP contribution is 2.36. The molecule has 2 N–H and O–H groups in total. The van der Waals surface area contributed by atoms with Gasteiger partial charge in [0.15, 0.2) is 0 Å². The fraction of sp³-hybridized carbons (Fsp3) is 0.188. The number of alkyl halides is 3. The lowest BCUT2D eigenvalue weighted by Gasteiger charge is -2.11. The Morgan fingerprint density at radius 1 is 1.24 bits per heavy atom. The molecule has 25 heavy (non-hydrogen) atoms. The Labute approximate surface area is 144 Å². The highest BCUT2D eigenvalue weighted by Gasteiger charge is 2.30. The minimum absolute atomic E-state index is 0.127. The van der Waals surface area contributed by atoms with E-state index in [0.717, 1.165) is 23.5 Å². The molecule has 0 aliphatic rings. The van der Waals surface area contributed by atoms with Gasteiger partial charge in [-0.05, 0) is 37.6 Å². The number of thiophene rings is 1. The van der Waals surface area contributed by atoms with Crippen molar-refractivity contribution in [2.45, 2.75) is 20.0 Å². The number of rotatable bonds is 3. The van der Waals surface area contributed by atoms with Crippen molar-refractivity contribution in [3.8, 4) is 0 Å². The largest absolute Gasteiger partial charge is 0.477 e. The van der Waals surface area contributed by atoms with Gasteiger partial charge in [0, 0.05) is 5.69 Å². The van der Waals surface area contributed by atoms with E-state index in [4.69, 9.17) is 0 Å². The third-order valence-corrected chi connectivity index (χ3v) is 4.72. The van der Waals surface area contributed by atoms with Crippen LogP contribution in [-0.2, 0) is 6.18 Å². The molecule has 2 heterocycles. The Morgan fingerprint density at radius 2 is 1.96 bits per heavy atom. The zero-order chi connectivity index (χ0) is 18.4. The SMILES string of the molecule is Cc1nc(Nc2cccc(C(F)(F)F)c2)c2c(C)c(C(=O)O)sc2n1. The average Bonchev–Trinajstić information content (AvgIpc) is 2.83. The van der Waals surface area contributed by atoms with Crippen LogP contribution in [0.15, 0.2) is 24.3 Å². The molecule has 0 aliphatic carbocycles. The van der Waals surface area contributed by atoms with Gasteiger partial charge in [0.2, 0.25) is 0 Å². The standard InChI is InChI=1S/C16H12F3N3O2S/c1-7-11-13(20-8(2)21-14(11)25-12(7)15(23)24)22-10-5-3-4-9(6-10)16(17,18)19/h3-6H,1-2H3,(H,23,24)(H,20,21,22). The van der Waals surface area contributed by atoms with E-state index in [1.165, 1.54) is 12.1 Å². The van der Waals surface area contributed by atoms with E-state index in [0.29, 0.717) is 21.6 Å². The minimum atomic E-state index is -4.45. The number of aryl methyl sites for hydroxylation is 2. The van der Waals surface area contributed by atoms with E-state index in [-0.39, 0.29) is 16.4 Å². The van der Waals surface area contributed by atoms with Crippen molar-refractivity contribution in [3.63, 3.8) is 0 Å². The molecule has 9 heteroatoms. The molecule has 2 aromatic heterocycles. The van der Waals surface area contributed by atoms with Gasteiger partial charge in [-0.1, -0.05) is 6.07 Å². The Kier molecular flexibility index (Phi) is 4.11. The van der Waals surface area contributed by atoms with Crippen molar-refractivity contribution in [1.82, 2.24) is 9.97 Å². The second-order valence-electron chi connectivity index (χ2n) is 5.36. The molecular formula is C16H12F3N3O2S. The monoisotopic (exact) mass is 367 g/mol. The van der Waals surface area contributed by atoms with E-state index in [1.54, 1.807) is 13.8 Å². The number of halogens is 3. The second-order valence-corrected chi connectivity index (χ2v) is 6.36. The molecule has 5 nitrogen and oxygen atoms in total. The number of hydrogen-bond donors (Lipinski definition) is 2. The van der Waals surface area contributed by atoms with Crippen LogP contribution in [0.1, 0.15) is 26.6 Å². The molecule has 3 aromatic rings. The minimum Gasteiger partial charge on any atom is -0.477 e. The van der Waals surface area contributed by atoms with Gasteiger partial charge in [-0.2, -0.15) is 13.2 Å². The Bertz CT molecular complexity index is 983. The van der Waals surface area contributed by atoms with E-state index in [9.17, 15) is 23.1 Å². The lowest BCUT2D eigenvalue weighted by Crippen LogP contribution is -2.05. The van der Waals surface area contributed by atoms with Gasteiger partial charge in [0.05, 0.1) is 10.9 Å². The van der Waals surface area contributed by atoms with Crippen LogP contribution in [0.2, 0.25) is 0 Å². The Hall–Kier alpha value is -2.68. The molecule has 0 fully saturated rings. The molecule has 0 unspecified atom stereocenters. The summed E-state index contributed by atoms with van der Waals surface area (Å²) < 4.78 is 38.6. The Balaban J connectivity index is 2.12. The molecule has 3 rings (SSSR count). The van der Waals surface area contributed by atoms with Gasteiger partial charge < -0.3 is 10.4 Å². The van der Waals surface area contributed by atoms with Crippen molar-refractivity contribution >= 4 is 39.0 Å². The fourth-order valence-corrected chi connectivity index (χ4v) is 3.52. The molecule has 0 amide bonds. The van der Waals surface area contributed by atoms with E-state index >= 15 is 0 Å². The van der Waals surface area contributed by atoms with Crippen LogP contribution >= 0.6 is 11.3 Å². The van der Waals surface area contributed by atoms with Crippen LogP contribution < -0.4 is 5.32 Å². The lowest BCUT2D eigenvalue weighted by atomic mass is 10.1. The smallest absolute Gasteiger partial charge is 0.416 e. The maximum atomic E-state index is 12.9. The number of nitrogens with zero attached hydrogens (tertiary/aromatic N) is 2. The van der Waals surface area contributed by atoms with Gasteiger partial charge in [-0.15, -0.1) is 11.3 Å². The molecule has 0 atom stereocenters. The summed E-state index contributed by atoms with van der Waals surface area (Å²) in [5, 5.41) is 12.6. The number of carboxylic acids is 1. The molecule has 0 aliphatic heterocycles. The normalized spacial score (nSPS) is 11.7. The van der Waals surface area contributed by atoms with Gasteiger partial charge in [0.1, 0.15) is 21.3 Å². The van der Waals surface area contributed by atoms with Crippen LogP contribution in [0.5, 0.6) is 0 Å². The van der Waals surface area contributed by atoms with Gasteiger partial charge >= 0.3 is 12.1 Å². The number of carbonyl (C=O) groups is 1. The zero-order valence-corrected chi connectivity index (χ0v) is 13.9. The van der Waals surface area contributed by atoms with Crippen molar-refractivity contribution in [2.75, 3.05) is 5.32 Å². The molecule has 0 bridgehead atoms.